The second-order valence-corrected chi connectivity index (χ2v) is 10.3. The van der Waals surface area contributed by atoms with Crippen molar-refractivity contribution in [1.29, 1.82) is 0 Å². The summed E-state index contributed by atoms with van der Waals surface area (Å²) in [6, 6.07) is 21.5. The number of amides is 2. The monoisotopic (exact) mass is 576 g/mol. The van der Waals surface area contributed by atoms with Gasteiger partial charge in [-0.05, 0) is 79.7 Å². The molecule has 1 N–H and O–H groups in total. The number of carbonyl (C=O) groups excluding carboxylic acids is 2. The van der Waals surface area contributed by atoms with Crippen LogP contribution in [0.5, 0.6) is 5.75 Å². The summed E-state index contributed by atoms with van der Waals surface area (Å²) in [6.07, 6.45) is 2.97. The maximum atomic E-state index is 13.3. The fraction of sp³-hybridized carbons (Fsp3) is 0.172. The molecule has 1 aliphatic heterocycles. The molecule has 204 valence electrons. The summed E-state index contributed by atoms with van der Waals surface area (Å²) >= 11 is 7.14. The largest absolute Gasteiger partial charge is 0.494 e. The van der Waals surface area contributed by atoms with Crippen LogP contribution in [0.4, 0.5) is 5.69 Å². The summed E-state index contributed by atoms with van der Waals surface area (Å²) in [7, 11) is 0. The standard InChI is InChI=1S/C29H25ClN4O5S/c1-2-37-22-11-9-21(10-12-22)32-27(35)16-26-28(36)34(18-24-4-3-15-38-24)29(40-26)33-31-17-23-13-14-25(39-23)19-5-7-20(30)8-6-19/h3-15,17,26H,2,16,18H2,1H3,(H,32,35)/b31-17+,33-29-. The Labute approximate surface area is 239 Å². The molecule has 2 amide bonds. The third kappa shape index (κ3) is 6.83. The fourth-order valence-corrected chi connectivity index (χ4v) is 5.15. The van der Waals surface area contributed by atoms with Crippen molar-refractivity contribution in [2.75, 3.05) is 11.9 Å². The number of halogens is 1. The van der Waals surface area contributed by atoms with E-state index in [1.807, 2.05) is 25.1 Å². The number of rotatable bonds is 10. The van der Waals surface area contributed by atoms with Gasteiger partial charge in [-0.3, -0.25) is 14.5 Å². The Morgan fingerprint density at radius 1 is 1.12 bits per heavy atom. The highest BCUT2D eigenvalue weighted by molar-refractivity contribution is 8.15. The maximum absolute atomic E-state index is 13.3. The molecule has 5 rings (SSSR count). The number of anilines is 1. The Hall–Kier alpha value is -4.28. The Morgan fingerprint density at radius 2 is 1.93 bits per heavy atom. The highest BCUT2D eigenvalue weighted by Crippen LogP contribution is 2.32. The summed E-state index contributed by atoms with van der Waals surface area (Å²) in [4.78, 5) is 27.5. The number of furan rings is 2. The topological polar surface area (TPSA) is 110 Å². The Balaban J connectivity index is 1.27. The SMILES string of the molecule is CCOc1ccc(NC(=O)CC2S/C(=N\N=C\c3ccc(-c4ccc(Cl)cc4)o3)N(Cc3ccco3)C2=O)cc1. The van der Waals surface area contributed by atoms with Crippen molar-refractivity contribution in [2.45, 2.75) is 25.1 Å². The van der Waals surface area contributed by atoms with Gasteiger partial charge in [0.2, 0.25) is 11.8 Å². The minimum Gasteiger partial charge on any atom is -0.494 e. The van der Waals surface area contributed by atoms with Gasteiger partial charge in [-0.2, -0.15) is 5.10 Å². The van der Waals surface area contributed by atoms with Crippen LogP contribution in [0.25, 0.3) is 11.3 Å². The summed E-state index contributed by atoms with van der Waals surface area (Å²) in [5.74, 6) is 1.92. The zero-order chi connectivity index (χ0) is 27.9. The first-order valence-corrected chi connectivity index (χ1v) is 13.7. The summed E-state index contributed by atoms with van der Waals surface area (Å²) < 4.78 is 16.7. The molecule has 0 spiro atoms. The molecule has 1 fully saturated rings. The number of benzene rings is 2. The molecule has 9 nitrogen and oxygen atoms in total. The van der Waals surface area contributed by atoms with Crippen molar-refractivity contribution in [2.24, 2.45) is 10.2 Å². The van der Waals surface area contributed by atoms with Crippen molar-refractivity contribution < 1.29 is 23.2 Å². The Morgan fingerprint density at radius 3 is 2.65 bits per heavy atom. The number of hydrogen-bond acceptors (Lipinski definition) is 8. The maximum Gasteiger partial charge on any atom is 0.243 e. The highest BCUT2D eigenvalue weighted by Gasteiger charge is 2.39. The minimum atomic E-state index is -0.660. The first kappa shape index (κ1) is 27.3. The molecule has 0 saturated carbocycles. The van der Waals surface area contributed by atoms with E-state index in [1.54, 1.807) is 54.6 Å². The zero-order valence-electron chi connectivity index (χ0n) is 21.5. The van der Waals surface area contributed by atoms with Crippen LogP contribution in [0.3, 0.4) is 0 Å². The molecule has 2 aromatic heterocycles. The van der Waals surface area contributed by atoms with Crippen LogP contribution in [-0.4, -0.2) is 40.0 Å². The van der Waals surface area contributed by atoms with Crippen LogP contribution >= 0.6 is 23.4 Å². The summed E-state index contributed by atoms with van der Waals surface area (Å²) in [6.45, 7) is 2.63. The number of ether oxygens (including phenoxy) is 1. The highest BCUT2D eigenvalue weighted by atomic mass is 35.5. The normalized spacial score (nSPS) is 16.2. The molecule has 1 atom stereocenters. The molecule has 0 aliphatic carbocycles. The van der Waals surface area contributed by atoms with Gasteiger partial charge in [-0.1, -0.05) is 23.4 Å². The van der Waals surface area contributed by atoms with Crippen LogP contribution in [0.15, 0.2) is 98.1 Å². The number of amidine groups is 1. The van der Waals surface area contributed by atoms with E-state index in [4.69, 9.17) is 25.2 Å². The van der Waals surface area contributed by atoms with Gasteiger partial charge in [0.1, 0.15) is 28.3 Å². The number of hydrogen-bond donors (Lipinski definition) is 1. The van der Waals surface area contributed by atoms with E-state index in [0.29, 0.717) is 45.5 Å². The number of thioether (sulfide) groups is 1. The molecule has 1 saturated heterocycles. The molecular formula is C29H25ClN4O5S. The third-order valence-corrected chi connectivity index (χ3v) is 7.24. The van der Waals surface area contributed by atoms with Crippen LogP contribution in [0.1, 0.15) is 24.9 Å². The number of nitrogens with one attached hydrogen (secondary N) is 1. The van der Waals surface area contributed by atoms with Crippen LogP contribution < -0.4 is 10.1 Å². The smallest absolute Gasteiger partial charge is 0.243 e. The van der Waals surface area contributed by atoms with E-state index < -0.39 is 5.25 Å². The van der Waals surface area contributed by atoms with Crippen molar-refractivity contribution in [3.05, 3.63) is 95.6 Å². The molecule has 11 heteroatoms. The molecule has 1 aliphatic rings. The minimum absolute atomic E-state index is 0.0310. The lowest BCUT2D eigenvalue weighted by atomic mass is 10.2. The van der Waals surface area contributed by atoms with Gasteiger partial charge in [-0.15, -0.1) is 5.10 Å². The van der Waals surface area contributed by atoms with Gasteiger partial charge in [0, 0.05) is 22.7 Å². The lowest BCUT2D eigenvalue weighted by Gasteiger charge is -2.14. The van der Waals surface area contributed by atoms with E-state index in [2.05, 4.69) is 15.5 Å². The first-order valence-electron chi connectivity index (χ1n) is 12.5. The second kappa shape index (κ2) is 12.7. The van der Waals surface area contributed by atoms with Crippen molar-refractivity contribution in [1.82, 2.24) is 4.90 Å². The van der Waals surface area contributed by atoms with Gasteiger partial charge < -0.3 is 18.9 Å². The molecule has 0 bridgehead atoms. The Kier molecular flexibility index (Phi) is 8.68. The average Bonchev–Trinajstić information content (AvgIpc) is 3.70. The predicted octanol–water partition coefficient (Wildman–Crippen LogP) is 6.45. The summed E-state index contributed by atoms with van der Waals surface area (Å²) in [5.41, 5.74) is 1.49. The molecule has 4 aromatic rings. The van der Waals surface area contributed by atoms with Gasteiger partial charge >= 0.3 is 0 Å². The lowest BCUT2D eigenvalue weighted by Crippen LogP contribution is -2.33. The quantitative estimate of drug-likeness (QED) is 0.171. The molecule has 1 unspecified atom stereocenters. The Bertz CT molecular complexity index is 1510. The van der Waals surface area contributed by atoms with Crippen LogP contribution in [0, 0.1) is 0 Å². The van der Waals surface area contributed by atoms with E-state index in [-0.39, 0.29) is 24.8 Å². The summed E-state index contributed by atoms with van der Waals surface area (Å²) in [5, 5.41) is 11.6. The van der Waals surface area contributed by atoms with Gasteiger partial charge in [0.25, 0.3) is 0 Å². The van der Waals surface area contributed by atoms with Crippen molar-refractivity contribution >= 4 is 52.2 Å². The third-order valence-electron chi connectivity index (χ3n) is 5.82. The van der Waals surface area contributed by atoms with Crippen molar-refractivity contribution in [3.63, 3.8) is 0 Å². The molecule has 3 heterocycles. The molecule has 0 radical (unpaired) electrons. The second-order valence-electron chi connectivity index (χ2n) is 8.66. The predicted molar refractivity (Wildman–Crippen MR) is 156 cm³/mol. The van der Waals surface area contributed by atoms with Crippen molar-refractivity contribution in [3.8, 4) is 17.1 Å². The molecular weight excluding hydrogens is 552 g/mol. The molecule has 40 heavy (non-hydrogen) atoms. The van der Waals surface area contributed by atoms with E-state index in [9.17, 15) is 9.59 Å². The number of nitrogens with zero attached hydrogens (tertiary/aromatic N) is 3. The van der Waals surface area contributed by atoms with E-state index in [1.165, 1.54) is 29.1 Å². The van der Waals surface area contributed by atoms with Gasteiger partial charge in [-0.25, -0.2) is 0 Å². The van der Waals surface area contributed by atoms with Gasteiger partial charge in [0.05, 0.1) is 25.6 Å². The van der Waals surface area contributed by atoms with Gasteiger partial charge in [0.15, 0.2) is 5.17 Å². The van der Waals surface area contributed by atoms with Crippen LogP contribution in [0.2, 0.25) is 5.02 Å². The first-order chi connectivity index (χ1) is 19.5. The van der Waals surface area contributed by atoms with E-state index >= 15 is 0 Å². The lowest BCUT2D eigenvalue weighted by molar-refractivity contribution is -0.128. The average molecular weight is 577 g/mol. The number of carbonyl (C=O) groups is 2. The van der Waals surface area contributed by atoms with Crippen LogP contribution in [-0.2, 0) is 16.1 Å². The zero-order valence-corrected chi connectivity index (χ0v) is 23.0. The van der Waals surface area contributed by atoms with E-state index in [0.717, 1.165) is 5.56 Å². The fourth-order valence-electron chi connectivity index (χ4n) is 3.93. The molecule has 2 aromatic carbocycles.